The summed E-state index contributed by atoms with van der Waals surface area (Å²) in [5, 5.41) is 2.68. The van der Waals surface area contributed by atoms with Crippen molar-refractivity contribution >= 4 is 21.8 Å². The van der Waals surface area contributed by atoms with E-state index in [1.165, 1.54) is 0 Å². The van der Waals surface area contributed by atoms with Gasteiger partial charge < -0.3 is 15.8 Å². The quantitative estimate of drug-likeness (QED) is 0.789. The highest BCUT2D eigenvalue weighted by Crippen LogP contribution is 2.26. The maximum absolute atomic E-state index is 11.6. The number of amides is 1. The number of halogens is 1. The van der Waals surface area contributed by atoms with Crippen LogP contribution in [-0.2, 0) is 11.3 Å². The highest BCUT2D eigenvalue weighted by Gasteiger charge is 2.15. The van der Waals surface area contributed by atoms with Crippen molar-refractivity contribution < 1.29 is 9.53 Å². The lowest BCUT2D eigenvalue weighted by Gasteiger charge is -2.15. The first-order chi connectivity index (χ1) is 8.58. The summed E-state index contributed by atoms with van der Waals surface area (Å²) in [7, 11) is 0. The van der Waals surface area contributed by atoms with Crippen LogP contribution in [0.25, 0.3) is 0 Å². The number of ether oxygens (including phenoxy) is 1. The van der Waals surface area contributed by atoms with Crippen molar-refractivity contribution in [2.75, 3.05) is 6.54 Å². The molecular weight excluding hydrogens is 296 g/mol. The number of rotatable bonds is 6. The van der Waals surface area contributed by atoms with Crippen molar-refractivity contribution in [2.45, 2.75) is 19.6 Å². The number of nitrogens with two attached hydrogens (primary N) is 1. The van der Waals surface area contributed by atoms with E-state index in [-0.39, 0.29) is 5.91 Å². The number of carbonyl (C=O) groups is 1. The predicted octanol–water partition coefficient (Wildman–Crippen LogP) is 1.98. The van der Waals surface area contributed by atoms with Gasteiger partial charge in [0.15, 0.2) is 6.10 Å². The lowest BCUT2D eigenvalue weighted by molar-refractivity contribution is -0.127. The summed E-state index contributed by atoms with van der Waals surface area (Å²) in [6.45, 7) is 6.13. The fourth-order valence-corrected chi connectivity index (χ4v) is 1.85. The van der Waals surface area contributed by atoms with Crippen molar-refractivity contribution in [1.82, 2.24) is 5.32 Å². The first kappa shape index (κ1) is 14.7. The molecule has 5 heteroatoms. The van der Waals surface area contributed by atoms with Crippen LogP contribution in [-0.4, -0.2) is 18.6 Å². The molecule has 1 atom stereocenters. The fourth-order valence-electron chi connectivity index (χ4n) is 1.33. The molecule has 0 saturated heterocycles. The average molecular weight is 313 g/mol. The molecule has 0 aliphatic heterocycles. The van der Waals surface area contributed by atoms with E-state index in [1.54, 1.807) is 19.1 Å². The lowest BCUT2D eigenvalue weighted by atomic mass is 10.2. The Morgan fingerprint density at radius 1 is 1.67 bits per heavy atom. The number of hydrogen-bond donors (Lipinski definition) is 2. The molecule has 0 fully saturated rings. The summed E-state index contributed by atoms with van der Waals surface area (Å²) in [4.78, 5) is 11.6. The smallest absolute Gasteiger partial charge is 0.261 e. The van der Waals surface area contributed by atoms with Gasteiger partial charge in [0.1, 0.15) is 5.75 Å². The Morgan fingerprint density at radius 2 is 2.39 bits per heavy atom. The molecule has 1 aromatic rings. The van der Waals surface area contributed by atoms with E-state index < -0.39 is 6.10 Å². The van der Waals surface area contributed by atoms with Crippen molar-refractivity contribution in [1.29, 1.82) is 0 Å². The van der Waals surface area contributed by atoms with E-state index in [2.05, 4.69) is 27.8 Å². The average Bonchev–Trinajstić information content (AvgIpc) is 2.38. The van der Waals surface area contributed by atoms with Gasteiger partial charge in [-0.15, -0.1) is 6.58 Å². The summed E-state index contributed by atoms with van der Waals surface area (Å²) < 4.78 is 6.36. The second-order valence-electron chi connectivity index (χ2n) is 3.76. The van der Waals surface area contributed by atoms with Crippen LogP contribution in [0.3, 0.4) is 0 Å². The van der Waals surface area contributed by atoms with Gasteiger partial charge in [0.05, 0.1) is 4.47 Å². The maximum atomic E-state index is 11.6. The molecule has 3 N–H and O–H groups in total. The number of carbonyl (C=O) groups excluding carboxylic acids is 1. The lowest BCUT2D eigenvalue weighted by Crippen LogP contribution is -2.36. The van der Waals surface area contributed by atoms with Gasteiger partial charge in [-0.2, -0.15) is 0 Å². The Labute approximate surface area is 115 Å². The summed E-state index contributed by atoms with van der Waals surface area (Å²) in [6.07, 6.45) is 1.06. The molecule has 0 spiro atoms. The molecule has 0 saturated carbocycles. The van der Waals surface area contributed by atoms with Crippen LogP contribution in [0.5, 0.6) is 5.75 Å². The molecule has 1 aromatic carbocycles. The van der Waals surface area contributed by atoms with Crippen LogP contribution >= 0.6 is 15.9 Å². The third kappa shape index (κ3) is 4.16. The maximum Gasteiger partial charge on any atom is 0.261 e. The van der Waals surface area contributed by atoms with Gasteiger partial charge in [0.2, 0.25) is 0 Å². The van der Waals surface area contributed by atoms with E-state index in [4.69, 9.17) is 10.5 Å². The van der Waals surface area contributed by atoms with E-state index in [0.717, 1.165) is 10.0 Å². The molecule has 1 amide bonds. The predicted molar refractivity (Wildman–Crippen MR) is 75.3 cm³/mol. The Bertz CT molecular complexity index is 435. The molecule has 1 rings (SSSR count). The zero-order valence-electron chi connectivity index (χ0n) is 10.3. The molecule has 98 valence electrons. The van der Waals surface area contributed by atoms with Crippen LogP contribution in [0.15, 0.2) is 35.3 Å². The minimum absolute atomic E-state index is 0.176. The van der Waals surface area contributed by atoms with Crippen LogP contribution in [0.2, 0.25) is 0 Å². The van der Waals surface area contributed by atoms with Gasteiger partial charge in [-0.05, 0) is 40.5 Å². The molecule has 0 bridgehead atoms. The zero-order chi connectivity index (χ0) is 13.5. The first-order valence-electron chi connectivity index (χ1n) is 5.62. The Balaban J connectivity index is 2.66. The molecule has 0 radical (unpaired) electrons. The zero-order valence-corrected chi connectivity index (χ0v) is 11.9. The molecule has 1 unspecified atom stereocenters. The normalized spacial score (nSPS) is 11.7. The second-order valence-corrected chi connectivity index (χ2v) is 4.62. The van der Waals surface area contributed by atoms with Crippen molar-refractivity contribution in [3.05, 3.63) is 40.9 Å². The van der Waals surface area contributed by atoms with Crippen LogP contribution < -0.4 is 15.8 Å². The molecule has 18 heavy (non-hydrogen) atoms. The molecule has 4 nitrogen and oxygen atoms in total. The highest BCUT2D eigenvalue weighted by atomic mass is 79.9. The minimum atomic E-state index is -0.565. The van der Waals surface area contributed by atoms with Crippen LogP contribution in [0.4, 0.5) is 0 Å². The highest BCUT2D eigenvalue weighted by molar-refractivity contribution is 9.10. The van der Waals surface area contributed by atoms with E-state index in [1.807, 2.05) is 12.1 Å². The van der Waals surface area contributed by atoms with Gasteiger partial charge in [-0.1, -0.05) is 12.1 Å². The molecule has 0 aliphatic rings. The first-order valence-corrected chi connectivity index (χ1v) is 6.41. The third-order valence-electron chi connectivity index (χ3n) is 2.33. The van der Waals surface area contributed by atoms with Crippen molar-refractivity contribution in [3.63, 3.8) is 0 Å². The monoisotopic (exact) mass is 312 g/mol. The standard InChI is InChI=1S/C13H17BrN2O2/c1-3-6-16-13(17)9(2)18-12-5-4-10(8-15)7-11(12)14/h3-5,7,9H,1,6,8,15H2,2H3,(H,16,17). The number of benzene rings is 1. The number of hydrogen-bond acceptors (Lipinski definition) is 3. The SMILES string of the molecule is C=CCNC(=O)C(C)Oc1ccc(CN)cc1Br. The molecule has 0 heterocycles. The summed E-state index contributed by atoms with van der Waals surface area (Å²) in [5.74, 6) is 0.443. The molecular formula is C13H17BrN2O2. The van der Waals surface area contributed by atoms with Gasteiger partial charge in [0, 0.05) is 13.1 Å². The molecule has 0 aliphatic carbocycles. The summed E-state index contributed by atoms with van der Waals surface area (Å²) >= 11 is 3.39. The van der Waals surface area contributed by atoms with Crippen LogP contribution in [0.1, 0.15) is 12.5 Å². The topological polar surface area (TPSA) is 64.3 Å². The van der Waals surface area contributed by atoms with E-state index in [0.29, 0.717) is 18.8 Å². The second kappa shape index (κ2) is 7.18. The van der Waals surface area contributed by atoms with Gasteiger partial charge >= 0.3 is 0 Å². The summed E-state index contributed by atoms with van der Waals surface area (Å²) in [5.41, 5.74) is 6.54. The van der Waals surface area contributed by atoms with E-state index >= 15 is 0 Å². The Kier molecular flexibility index (Phi) is 5.88. The summed E-state index contributed by atoms with van der Waals surface area (Å²) in [6, 6.07) is 5.54. The Hall–Kier alpha value is -1.33. The fraction of sp³-hybridized carbons (Fsp3) is 0.308. The minimum Gasteiger partial charge on any atom is -0.480 e. The van der Waals surface area contributed by atoms with Gasteiger partial charge in [-0.3, -0.25) is 4.79 Å². The van der Waals surface area contributed by atoms with Crippen LogP contribution in [0, 0.1) is 0 Å². The van der Waals surface area contributed by atoms with Crippen molar-refractivity contribution in [3.8, 4) is 5.75 Å². The third-order valence-corrected chi connectivity index (χ3v) is 2.95. The molecule has 0 aromatic heterocycles. The van der Waals surface area contributed by atoms with Gasteiger partial charge in [-0.25, -0.2) is 0 Å². The number of nitrogens with one attached hydrogen (secondary N) is 1. The van der Waals surface area contributed by atoms with Crippen molar-refractivity contribution in [2.24, 2.45) is 5.73 Å². The van der Waals surface area contributed by atoms with E-state index in [9.17, 15) is 4.79 Å². The Morgan fingerprint density at radius 3 is 2.94 bits per heavy atom. The van der Waals surface area contributed by atoms with Gasteiger partial charge in [0.25, 0.3) is 5.91 Å². The largest absolute Gasteiger partial charge is 0.480 e.